The van der Waals surface area contributed by atoms with E-state index in [1.807, 2.05) is 42.5 Å². The van der Waals surface area contributed by atoms with Crippen molar-refractivity contribution in [3.8, 4) is 11.3 Å². The molecule has 4 aromatic rings. The summed E-state index contributed by atoms with van der Waals surface area (Å²) in [4.78, 5) is 52.6. The van der Waals surface area contributed by atoms with E-state index in [4.69, 9.17) is 4.74 Å². The molecule has 1 fully saturated rings. The molecule has 1 N–H and O–H groups in total. The Morgan fingerprint density at radius 2 is 1.76 bits per heavy atom. The van der Waals surface area contributed by atoms with Gasteiger partial charge in [0, 0.05) is 28.7 Å². The normalized spacial score (nSPS) is 17.7. The van der Waals surface area contributed by atoms with E-state index in [0.717, 1.165) is 15.6 Å². The summed E-state index contributed by atoms with van der Waals surface area (Å²) in [6.45, 7) is 1.04. The molecule has 2 aliphatic heterocycles. The van der Waals surface area contributed by atoms with E-state index in [1.165, 1.54) is 7.11 Å². The number of methoxy groups -OCH3 is 1. The lowest BCUT2D eigenvalue weighted by Gasteiger charge is -2.27. The minimum absolute atomic E-state index is 0.160. The number of nitrogens with one attached hydrogen (secondary N) is 1. The van der Waals surface area contributed by atoms with Crippen LogP contribution in [0.1, 0.15) is 48.6 Å². The summed E-state index contributed by atoms with van der Waals surface area (Å²) in [6.07, 6.45) is 2.68. The number of likely N-dealkylation sites (tertiary alicyclic amines) is 1. The van der Waals surface area contributed by atoms with Gasteiger partial charge in [-0.15, -0.1) is 5.10 Å². The van der Waals surface area contributed by atoms with Gasteiger partial charge in [-0.2, -0.15) is 0 Å². The van der Waals surface area contributed by atoms with Crippen molar-refractivity contribution in [3.63, 3.8) is 0 Å². The summed E-state index contributed by atoms with van der Waals surface area (Å²) >= 11 is 3.49. The summed E-state index contributed by atoms with van der Waals surface area (Å²) in [6, 6.07) is 20.1. The Kier molecular flexibility index (Phi) is 7.19. The van der Waals surface area contributed by atoms with E-state index in [1.54, 1.807) is 40.0 Å². The van der Waals surface area contributed by atoms with Crippen LogP contribution in [0, 0.1) is 5.41 Å². The number of hydrogen-bond donors (Lipinski definition) is 1. The number of ether oxygens (including phenoxy) is 1. The van der Waals surface area contributed by atoms with Crippen LogP contribution < -0.4 is 5.32 Å². The zero-order chi connectivity index (χ0) is 29.4. The molecule has 2 aliphatic rings. The Morgan fingerprint density at radius 1 is 1.00 bits per heavy atom. The molecule has 1 atom stereocenters. The molecular formula is C31H26BrN5O5. The van der Waals surface area contributed by atoms with Crippen LogP contribution in [0.15, 0.2) is 77.4 Å². The second-order valence-electron chi connectivity index (χ2n) is 10.6. The van der Waals surface area contributed by atoms with Crippen LogP contribution >= 0.6 is 15.9 Å². The van der Waals surface area contributed by atoms with Crippen molar-refractivity contribution in [2.45, 2.75) is 19.4 Å². The summed E-state index contributed by atoms with van der Waals surface area (Å²) < 4.78 is 7.73. The first-order valence-corrected chi connectivity index (χ1v) is 14.2. The molecular weight excluding hydrogens is 602 g/mol. The van der Waals surface area contributed by atoms with Gasteiger partial charge < -0.3 is 9.64 Å². The van der Waals surface area contributed by atoms with Gasteiger partial charge in [0.05, 0.1) is 36.4 Å². The largest absolute Gasteiger partial charge is 0.469 e. The molecule has 0 radical (unpaired) electrons. The summed E-state index contributed by atoms with van der Waals surface area (Å²) in [5.41, 5.74) is 3.10. The minimum atomic E-state index is -0.820. The number of carbonyl (C=O) groups excluding carboxylic acids is 4. The standard InChI is InChI=1S/C31H26BrN5O5/c1-42-30(41)31(15-19-5-3-8-22(32)14-19)11-12-36(18-31)29(40)21-7-2-6-20(13-21)16-37-17-25(34-35-37)23-9-4-10-24-26(23)28(39)33-27(24)38/h2-10,13-14,17H,11-12,15-16,18H2,1H3,(H,33,38,39). The molecule has 1 unspecified atom stereocenters. The molecule has 10 nitrogen and oxygen atoms in total. The number of rotatable bonds is 7. The van der Waals surface area contributed by atoms with Gasteiger partial charge >= 0.3 is 5.97 Å². The van der Waals surface area contributed by atoms with E-state index in [0.29, 0.717) is 48.3 Å². The maximum Gasteiger partial charge on any atom is 0.314 e. The number of amides is 3. The molecule has 6 rings (SSSR count). The van der Waals surface area contributed by atoms with Crippen LogP contribution in [0.5, 0.6) is 0 Å². The highest BCUT2D eigenvalue weighted by Crippen LogP contribution is 2.37. The van der Waals surface area contributed by atoms with Crippen molar-refractivity contribution < 1.29 is 23.9 Å². The number of fused-ring (bicyclic) bond motifs is 1. The third-order valence-corrected chi connectivity index (χ3v) is 8.28. The highest BCUT2D eigenvalue weighted by Gasteiger charge is 2.47. The highest BCUT2D eigenvalue weighted by atomic mass is 79.9. The lowest BCUT2D eigenvalue weighted by Crippen LogP contribution is -2.39. The SMILES string of the molecule is COC(=O)C1(Cc2cccc(Br)c2)CCN(C(=O)c2cccc(Cn3cc(-c4cccc5c4C(=O)NC5=O)nn3)c2)C1. The van der Waals surface area contributed by atoms with Crippen molar-refractivity contribution in [3.05, 3.63) is 105 Å². The third kappa shape index (κ3) is 5.11. The van der Waals surface area contributed by atoms with Crippen LogP contribution in [-0.2, 0) is 22.5 Å². The molecule has 3 aromatic carbocycles. The van der Waals surface area contributed by atoms with Crippen LogP contribution in [-0.4, -0.2) is 63.8 Å². The lowest BCUT2D eigenvalue weighted by atomic mass is 9.81. The number of benzene rings is 3. The zero-order valence-corrected chi connectivity index (χ0v) is 24.3. The van der Waals surface area contributed by atoms with E-state index in [2.05, 4.69) is 31.6 Å². The molecule has 0 aliphatic carbocycles. The van der Waals surface area contributed by atoms with Gasteiger partial charge in [-0.1, -0.05) is 57.5 Å². The smallest absolute Gasteiger partial charge is 0.314 e. The highest BCUT2D eigenvalue weighted by molar-refractivity contribution is 9.10. The topological polar surface area (TPSA) is 123 Å². The van der Waals surface area contributed by atoms with E-state index >= 15 is 0 Å². The Balaban J connectivity index is 1.19. The monoisotopic (exact) mass is 627 g/mol. The average molecular weight is 628 g/mol. The number of carbonyl (C=O) groups is 4. The predicted octanol–water partition coefficient (Wildman–Crippen LogP) is 3.89. The van der Waals surface area contributed by atoms with Gasteiger partial charge in [-0.05, 0) is 54.3 Å². The number of aromatic nitrogens is 3. The molecule has 1 aromatic heterocycles. The summed E-state index contributed by atoms with van der Waals surface area (Å²) in [5, 5.41) is 10.7. The van der Waals surface area contributed by atoms with E-state index in [-0.39, 0.29) is 24.0 Å². The van der Waals surface area contributed by atoms with Crippen molar-refractivity contribution >= 4 is 39.6 Å². The van der Waals surface area contributed by atoms with Gasteiger partial charge in [-0.25, -0.2) is 4.68 Å². The third-order valence-electron chi connectivity index (χ3n) is 7.79. The minimum Gasteiger partial charge on any atom is -0.469 e. The first-order chi connectivity index (χ1) is 20.3. The van der Waals surface area contributed by atoms with Crippen molar-refractivity contribution in [1.29, 1.82) is 0 Å². The number of esters is 1. The number of halogens is 1. The fourth-order valence-electron chi connectivity index (χ4n) is 5.79. The molecule has 0 bridgehead atoms. The Hall–Kier alpha value is -4.64. The first kappa shape index (κ1) is 27.5. The average Bonchev–Trinajstić information content (AvgIpc) is 3.71. The molecule has 0 saturated carbocycles. The lowest BCUT2D eigenvalue weighted by molar-refractivity contribution is -0.151. The first-order valence-electron chi connectivity index (χ1n) is 13.4. The fraction of sp³-hybridized carbons (Fsp3) is 0.226. The van der Waals surface area contributed by atoms with Gasteiger partial charge in [0.25, 0.3) is 17.7 Å². The van der Waals surface area contributed by atoms with Gasteiger partial charge in [0.2, 0.25) is 0 Å². The zero-order valence-electron chi connectivity index (χ0n) is 22.7. The number of nitrogens with zero attached hydrogens (tertiary/aromatic N) is 4. The molecule has 0 spiro atoms. The van der Waals surface area contributed by atoms with Gasteiger partial charge in [0.15, 0.2) is 0 Å². The Morgan fingerprint density at radius 3 is 2.57 bits per heavy atom. The predicted molar refractivity (Wildman–Crippen MR) is 156 cm³/mol. The number of imide groups is 1. The fourth-order valence-corrected chi connectivity index (χ4v) is 6.23. The van der Waals surface area contributed by atoms with Crippen molar-refractivity contribution in [2.75, 3.05) is 20.2 Å². The van der Waals surface area contributed by atoms with Crippen molar-refractivity contribution in [1.82, 2.24) is 25.2 Å². The molecule has 1 saturated heterocycles. The quantitative estimate of drug-likeness (QED) is 0.243. The van der Waals surface area contributed by atoms with Crippen LogP contribution in [0.4, 0.5) is 0 Å². The van der Waals surface area contributed by atoms with E-state index in [9.17, 15) is 19.2 Å². The summed E-state index contributed by atoms with van der Waals surface area (Å²) in [5.74, 6) is -1.37. The van der Waals surface area contributed by atoms with Gasteiger partial charge in [-0.3, -0.25) is 24.5 Å². The number of hydrogen-bond acceptors (Lipinski definition) is 7. The molecule has 3 heterocycles. The molecule has 212 valence electrons. The van der Waals surface area contributed by atoms with Crippen molar-refractivity contribution in [2.24, 2.45) is 5.41 Å². The molecule has 42 heavy (non-hydrogen) atoms. The van der Waals surface area contributed by atoms with Crippen LogP contribution in [0.25, 0.3) is 11.3 Å². The van der Waals surface area contributed by atoms with Crippen LogP contribution in [0.2, 0.25) is 0 Å². The Bertz CT molecular complexity index is 1750. The molecule has 11 heteroatoms. The van der Waals surface area contributed by atoms with E-state index < -0.39 is 17.2 Å². The second kappa shape index (κ2) is 11.0. The maximum absolute atomic E-state index is 13.6. The van der Waals surface area contributed by atoms with Gasteiger partial charge in [0.1, 0.15) is 5.69 Å². The second-order valence-corrected chi connectivity index (χ2v) is 11.5. The Labute approximate surface area is 249 Å². The maximum atomic E-state index is 13.6. The summed E-state index contributed by atoms with van der Waals surface area (Å²) in [7, 11) is 1.38. The molecule has 3 amide bonds. The van der Waals surface area contributed by atoms with Crippen LogP contribution in [0.3, 0.4) is 0 Å².